The molecule has 0 aliphatic carbocycles. The Hall–Kier alpha value is -1.75. The second kappa shape index (κ2) is 5.05. The van der Waals surface area contributed by atoms with Gasteiger partial charge in [-0.1, -0.05) is 19.0 Å². The first kappa shape index (κ1) is 13.3. The molecular weight excluding hydrogens is 238 g/mol. The molecule has 7 heteroatoms. The lowest BCUT2D eigenvalue weighted by Crippen LogP contribution is -2.06. The van der Waals surface area contributed by atoms with Crippen molar-refractivity contribution in [2.75, 3.05) is 0 Å². The Bertz CT molecular complexity index is 464. The van der Waals surface area contributed by atoms with Crippen LogP contribution in [0, 0.1) is 29.2 Å². The van der Waals surface area contributed by atoms with Crippen molar-refractivity contribution in [3.63, 3.8) is 0 Å². The first-order valence-electron chi connectivity index (χ1n) is 4.80. The van der Waals surface area contributed by atoms with E-state index in [0.717, 1.165) is 0 Å². The molecule has 0 unspecified atom stereocenters. The van der Waals surface area contributed by atoms with Gasteiger partial charge in [0.25, 0.3) is 0 Å². The molecule has 0 atom stereocenters. The van der Waals surface area contributed by atoms with Crippen LogP contribution in [0.1, 0.15) is 19.4 Å². The van der Waals surface area contributed by atoms with E-state index >= 15 is 0 Å². The van der Waals surface area contributed by atoms with E-state index in [1.807, 2.05) is 0 Å². The van der Waals surface area contributed by atoms with Crippen molar-refractivity contribution in [2.45, 2.75) is 20.3 Å². The van der Waals surface area contributed by atoms with Crippen molar-refractivity contribution >= 4 is 5.69 Å². The molecule has 0 heterocycles. The fourth-order valence-electron chi connectivity index (χ4n) is 1.39. The molecular formula is C10H9F4N3. The predicted molar refractivity (Wildman–Crippen MR) is 53.6 cm³/mol. The maximum atomic E-state index is 13.4. The fourth-order valence-corrected chi connectivity index (χ4v) is 1.39. The van der Waals surface area contributed by atoms with Crippen LogP contribution < -0.4 is 0 Å². The normalized spacial score (nSPS) is 10.5. The van der Waals surface area contributed by atoms with Crippen molar-refractivity contribution in [3.8, 4) is 0 Å². The average molecular weight is 247 g/mol. The van der Waals surface area contributed by atoms with Crippen LogP contribution in [-0.4, -0.2) is 0 Å². The number of hydrogen-bond acceptors (Lipinski definition) is 1. The molecule has 0 bridgehead atoms. The molecule has 0 saturated carbocycles. The van der Waals surface area contributed by atoms with Gasteiger partial charge in [0.05, 0.1) is 0 Å². The van der Waals surface area contributed by atoms with Crippen LogP contribution in [-0.2, 0) is 6.42 Å². The second-order valence-corrected chi connectivity index (χ2v) is 3.87. The maximum absolute atomic E-state index is 13.4. The Morgan fingerprint density at radius 2 is 1.53 bits per heavy atom. The zero-order chi connectivity index (χ0) is 13.2. The summed E-state index contributed by atoms with van der Waals surface area (Å²) in [5.74, 6) is -6.54. The quantitative estimate of drug-likeness (QED) is 0.250. The molecule has 0 spiro atoms. The van der Waals surface area contributed by atoms with E-state index in [2.05, 4.69) is 10.0 Å². The Balaban J connectivity index is 3.52. The first-order chi connectivity index (χ1) is 7.90. The van der Waals surface area contributed by atoms with Gasteiger partial charge in [0, 0.05) is 10.5 Å². The van der Waals surface area contributed by atoms with E-state index < -0.39 is 34.5 Å². The molecule has 1 aromatic rings. The molecule has 0 aliphatic rings. The van der Waals surface area contributed by atoms with Gasteiger partial charge in [-0.3, -0.25) is 0 Å². The fraction of sp³-hybridized carbons (Fsp3) is 0.400. The van der Waals surface area contributed by atoms with Gasteiger partial charge < -0.3 is 0 Å². The Morgan fingerprint density at radius 3 is 1.88 bits per heavy atom. The highest BCUT2D eigenvalue weighted by atomic mass is 19.2. The van der Waals surface area contributed by atoms with Gasteiger partial charge in [-0.2, -0.15) is 0 Å². The van der Waals surface area contributed by atoms with E-state index in [9.17, 15) is 17.6 Å². The van der Waals surface area contributed by atoms with Gasteiger partial charge in [0.1, 0.15) is 5.69 Å². The monoisotopic (exact) mass is 247 g/mol. The molecule has 0 radical (unpaired) electrons. The standard InChI is InChI=1S/C10H9F4N3/c1-4(2)3-5-6(11)8(13)10(16-17-15)9(14)7(5)12/h4H,3H2,1-2H3. The molecule has 92 valence electrons. The Kier molecular flexibility index (Phi) is 3.96. The summed E-state index contributed by atoms with van der Waals surface area (Å²) in [7, 11) is 0. The molecule has 3 nitrogen and oxygen atoms in total. The lowest BCUT2D eigenvalue weighted by Gasteiger charge is -2.10. The minimum Gasteiger partial charge on any atom is -0.203 e. The van der Waals surface area contributed by atoms with Crippen LogP contribution in [0.3, 0.4) is 0 Å². The molecule has 0 N–H and O–H groups in total. The van der Waals surface area contributed by atoms with Crippen molar-refractivity contribution in [1.29, 1.82) is 0 Å². The molecule has 0 fully saturated rings. The van der Waals surface area contributed by atoms with Crippen molar-refractivity contribution in [3.05, 3.63) is 39.3 Å². The summed E-state index contributed by atoms with van der Waals surface area (Å²) in [5.41, 5.74) is 6.09. The molecule has 0 saturated heterocycles. The third kappa shape index (κ3) is 2.50. The summed E-state index contributed by atoms with van der Waals surface area (Å²) in [6.45, 7) is 3.30. The third-order valence-corrected chi connectivity index (χ3v) is 2.09. The molecule has 1 rings (SSSR count). The molecule has 1 aromatic carbocycles. The van der Waals surface area contributed by atoms with Crippen LogP contribution in [0.2, 0.25) is 0 Å². The zero-order valence-electron chi connectivity index (χ0n) is 9.14. The summed E-state index contributed by atoms with van der Waals surface area (Å²) in [5, 5.41) is 2.60. The van der Waals surface area contributed by atoms with Crippen LogP contribution in [0.15, 0.2) is 5.11 Å². The summed E-state index contributed by atoms with van der Waals surface area (Å²) in [6, 6.07) is 0. The van der Waals surface area contributed by atoms with Crippen molar-refractivity contribution in [1.82, 2.24) is 0 Å². The second-order valence-electron chi connectivity index (χ2n) is 3.87. The van der Waals surface area contributed by atoms with E-state index in [1.165, 1.54) is 0 Å². The smallest absolute Gasteiger partial charge is 0.171 e. The SMILES string of the molecule is CC(C)Cc1c(F)c(F)c(N=[N+]=[N-])c(F)c1F. The Labute approximate surface area is 94.7 Å². The van der Waals surface area contributed by atoms with Crippen molar-refractivity contribution < 1.29 is 17.6 Å². The minimum atomic E-state index is -1.67. The summed E-state index contributed by atoms with van der Waals surface area (Å²) in [4.78, 5) is 2.11. The highest BCUT2D eigenvalue weighted by molar-refractivity contribution is 5.44. The van der Waals surface area contributed by atoms with Gasteiger partial charge in [-0.25, -0.2) is 17.6 Å². The maximum Gasteiger partial charge on any atom is 0.171 e. The van der Waals surface area contributed by atoms with E-state index in [-0.39, 0.29) is 12.3 Å². The van der Waals surface area contributed by atoms with E-state index in [1.54, 1.807) is 13.8 Å². The largest absolute Gasteiger partial charge is 0.203 e. The third-order valence-electron chi connectivity index (χ3n) is 2.09. The zero-order valence-corrected chi connectivity index (χ0v) is 9.14. The van der Waals surface area contributed by atoms with Gasteiger partial charge >= 0.3 is 0 Å². The lowest BCUT2D eigenvalue weighted by atomic mass is 10.0. The van der Waals surface area contributed by atoms with Gasteiger partial charge in [0.15, 0.2) is 23.3 Å². The number of azide groups is 1. The van der Waals surface area contributed by atoms with E-state index in [4.69, 9.17) is 5.53 Å². The number of rotatable bonds is 3. The summed E-state index contributed by atoms with van der Waals surface area (Å²) < 4.78 is 53.4. The Morgan fingerprint density at radius 1 is 1.06 bits per heavy atom. The van der Waals surface area contributed by atoms with Crippen LogP contribution in [0.25, 0.3) is 10.4 Å². The topological polar surface area (TPSA) is 48.8 Å². The first-order valence-corrected chi connectivity index (χ1v) is 4.80. The summed E-state index contributed by atoms with van der Waals surface area (Å²) in [6.07, 6.45) is -0.151. The van der Waals surface area contributed by atoms with Gasteiger partial charge in [-0.15, -0.1) is 0 Å². The number of hydrogen-bond donors (Lipinski definition) is 0. The van der Waals surface area contributed by atoms with Gasteiger partial charge in [0.2, 0.25) is 0 Å². The lowest BCUT2D eigenvalue weighted by molar-refractivity contribution is 0.432. The van der Waals surface area contributed by atoms with Crippen molar-refractivity contribution in [2.24, 2.45) is 11.0 Å². The van der Waals surface area contributed by atoms with E-state index in [0.29, 0.717) is 0 Å². The van der Waals surface area contributed by atoms with Crippen LogP contribution in [0.5, 0.6) is 0 Å². The van der Waals surface area contributed by atoms with Crippen LogP contribution >= 0.6 is 0 Å². The minimum absolute atomic E-state index is 0.151. The molecule has 0 aromatic heterocycles. The van der Waals surface area contributed by atoms with Crippen LogP contribution in [0.4, 0.5) is 23.2 Å². The molecule has 0 amide bonds. The number of benzene rings is 1. The number of halogens is 4. The molecule has 17 heavy (non-hydrogen) atoms. The summed E-state index contributed by atoms with van der Waals surface area (Å²) >= 11 is 0. The van der Waals surface area contributed by atoms with Gasteiger partial charge in [-0.05, 0) is 17.9 Å². The number of nitrogens with zero attached hydrogens (tertiary/aromatic N) is 3. The highest BCUT2D eigenvalue weighted by Gasteiger charge is 2.24. The highest BCUT2D eigenvalue weighted by Crippen LogP contribution is 2.31. The predicted octanol–water partition coefficient (Wildman–Crippen LogP) is 4.38. The molecule has 0 aliphatic heterocycles. The average Bonchev–Trinajstić information content (AvgIpc) is 2.27.